The first-order valence-corrected chi connectivity index (χ1v) is 9.37. The molecule has 0 radical (unpaired) electrons. The van der Waals surface area contributed by atoms with E-state index in [1.807, 2.05) is 6.07 Å². The third-order valence-electron chi connectivity index (χ3n) is 4.83. The molecule has 2 aromatic heterocycles. The number of carbonyl (C=O) groups excluding carboxylic acids is 1. The monoisotopic (exact) mass is 382 g/mol. The second-order valence-electron chi connectivity index (χ2n) is 7.99. The molecular weight excluding hydrogens is 359 g/mol. The van der Waals surface area contributed by atoms with Gasteiger partial charge in [-0.15, -0.1) is 0 Å². The summed E-state index contributed by atoms with van der Waals surface area (Å²) < 4.78 is 20.9. The van der Waals surface area contributed by atoms with Gasteiger partial charge in [-0.1, -0.05) is 32.9 Å². The van der Waals surface area contributed by atoms with Crippen LogP contribution < -0.4 is 0 Å². The Morgan fingerprint density at radius 1 is 1.14 bits per heavy atom. The highest BCUT2D eigenvalue weighted by molar-refractivity contribution is 5.94. The lowest BCUT2D eigenvalue weighted by molar-refractivity contribution is 0.0299. The molecular formula is C21H23FN4O2. The van der Waals surface area contributed by atoms with Gasteiger partial charge in [0.1, 0.15) is 11.5 Å². The molecule has 1 fully saturated rings. The van der Waals surface area contributed by atoms with E-state index in [-0.39, 0.29) is 17.1 Å². The van der Waals surface area contributed by atoms with Crippen molar-refractivity contribution in [2.45, 2.75) is 26.2 Å². The van der Waals surface area contributed by atoms with Crippen molar-refractivity contribution in [3.05, 3.63) is 53.6 Å². The van der Waals surface area contributed by atoms with Crippen molar-refractivity contribution in [2.24, 2.45) is 0 Å². The molecule has 0 spiro atoms. The quantitative estimate of drug-likeness (QED) is 0.682. The Morgan fingerprint density at radius 3 is 2.57 bits per heavy atom. The maximum absolute atomic E-state index is 13.9. The van der Waals surface area contributed by atoms with Gasteiger partial charge in [-0.2, -0.15) is 5.10 Å². The summed E-state index contributed by atoms with van der Waals surface area (Å²) in [5, 5.41) is 4.69. The molecule has 146 valence electrons. The number of hydrogen-bond acceptors (Lipinski definition) is 4. The molecule has 7 heteroatoms. The van der Waals surface area contributed by atoms with E-state index in [1.54, 1.807) is 27.6 Å². The van der Waals surface area contributed by atoms with Crippen LogP contribution in [-0.4, -0.2) is 51.7 Å². The van der Waals surface area contributed by atoms with Crippen LogP contribution in [0.15, 0.2) is 36.4 Å². The molecule has 1 aromatic carbocycles. The van der Waals surface area contributed by atoms with E-state index in [0.717, 1.165) is 5.69 Å². The lowest BCUT2D eigenvalue weighted by Gasteiger charge is -2.26. The number of fused-ring (bicyclic) bond motifs is 1. The van der Waals surface area contributed by atoms with Crippen molar-refractivity contribution in [2.75, 3.05) is 26.3 Å². The molecule has 1 aliphatic rings. The summed E-state index contributed by atoms with van der Waals surface area (Å²) >= 11 is 0. The Bertz CT molecular complexity index is 1030. The molecule has 1 aliphatic heterocycles. The first-order valence-electron chi connectivity index (χ1n) is 9.37. The van der Waals surface area contributed by atoms with Crippen LogP contribution in [-0.2, 0) is 10.2 Å². The number of rotatable bonds is 2. The van der Waals surface area contributed by atoms with Crippen LogP contribution in [0.4, 0.5) is 4.39 Å². The van der Waals surface area contributed by atoms with Crippen molar-refractivity contribution in [1.29, 1.82) is 0 Å². The second-order valence-corrected chi connectivity index (χ2v) is 7.99. The maximum atomic E-state index is 13.9. The Morgan fingerprint density at radius 2 is 1.89 bits per heavy atom. The Kier molecular flexibility index (Phi) is 4.63. The van der Waals surface area contributed by atoms with E-state index < -0.39 is 0 Å². The molecule has 0 saturated carbocycles. The first kappa shape index (κ1) is 18.6. The highest BCUT2D eigenvalue weighted by atomic mass is 19.1. The summed E-state index contributed by atoms with van der Waals surface area (Å²) in [4.78, 5) is 19.3. The number of morpholine rings is 1. The molecule has 1 amide bonds. The molecule has 28 heavy (non-hydrogen) atoms. The summed E-state index contributed by atoms with van der Waals surface area (Å²) in [6.45, 7) is 8.31. The van der Waals surface area contributed by atoms with E-state index in [9.17, 15) is 9.18 Å². The summed E-state index contributed by atoms with van der Waals surface area (Å²) in [7, 11) is 0. The molecule has 3 heterocycles. The van der Waals surface area contributed by atoms with Crippen molar-refractivity contribution in [3.8, 4) is 11.3 Å². The van der Waals surface area contributed by atoms with Gasteiger partial charge in [0.25, 0.3) is 5.91 Å². The topological polar surface area (TPSA) is 59.7 Å². The van der Waals surface area contributed by atoms with Gasteiger partial charge in [0, 0.05) is 30.1 Å². The maximum Gasteiger partial charge on any atom is 0.272 e. The molecule has 1 saturated heterocycles. The SMILES string of the molecule is CC(C)(C)c1cc2nc(C(=O)N3CCOCC3)cc(-c3cccc(F)c3)n2n1. The molecule has 3 aromatic rings. The predicted molar refractivity (Wildman–Crippen MR) is 104 cm³/mol. The van der Waals surface area contributed by atoms with Crippen LogP contribution in [0.3, 0.4) is 0 Å². The van der Waals surface area contributed by atoms with Crippen LogP contribution in [0.1, 0.15) is 37.0 Å². The lowest BCUT2D eigenvalue weighted by atomic mass is 9.93. The van der Waals surface area contributed by atoms with E-state index in [1.165, 1.54) is 12.1 Å². The van der Waals surface area contributed by atoms with Crippen LogP contribution in [0.2, 0.25) is 0 Å². The van der Waals surface area contributed by atoms with Crippen LogP contribution in [0, 0.1) is 5.82 Å². The first-order chi connectivity index (χ1) is 13.3. The molecule has 0 atom stereocenters. The van der Waals surface area contributed by atoms with Gasteiger partial charge in [0.2, 0.25) is 0 Å². The van der Waals surface area contributed by atoms with E-state index in [4.69, 9.17) is 4.74 Å². The number of carbonyl (C=O) groups is 1. The highest BCUT2D eigenvalue weighted by Gasteiger charge is 2.24. The molecule has 0 aliphatic carbocycles. The van der Waals surface area contributed by atoms with Gasteiger partial charge in [-0.25, -0.2) is 13.9 Å². The van der Waals surface area contributed by atoms with Crippen molar-refractivity contribution in [3.63, 3.8) is 0 Å². The Hall–Kier alpha value is -2.80. The van der Waals surface area contributed by atoms with E-state index in [2.05, 4.69) is 30.9 Å². The van der Waals surface area contributed by atoms with E-state index in [0.29, 0.717) is 48.9 Å². The summed E-state index contributed by atoms with van der Waals surface area (Å²) in [5.41, 5.74) is 2.86. The molecule has 0 unspecified atom stereocenters. The zero-order chi connectivity index (χ0) is 19.9. The minimum Gasteiger partial charge on any atom is -0.378 e. The number of halogens is 1. The number of benzene rings is 1. The Balaban J connectivity index is 1.88. The number of aromatic nitrogens is 3. The average molecular weight is 382 g/mol. The molecule has 0 bridgehead atoms. The normalized spacial score (nSPS) is 15.2. The van der Waals surface area contributed by atoms with Crippen LogP contribution >= 0.6 is 0 Å². The average Bonchev–Trinajstić information content (AvgIpc) is 3.12. The molecule has 6 nitrogen and oxygen atoms in total. The number of amides is 1. The fraction of sp³-hybridized carbons (Fsp3) is 0.381. The Labute approximate surface area is 162 Å². The number of nitrogens with zero attached hydrogens (tertiary/aromatic N) is 4. The van der Waals surface area contributed by atoms with E-state index >= 15 is 0 Å². The summed E-state index contributed by atoms with van der Waals surface area (Å²) in [5.74, 6) is -0.492. The zero-order valence-corrected chi connectivity index (χ0v) is 16.3. The second kappa shape index (κ2) is 6.98. The van der Waals surface area contributed by atoms with Gasteiger partial charge < -0.3 is 9.64 Å². The minimum absolute atomic E-state index is 0.151. The minimum atomic E-state index is -0.341. The number of hydrogen-bond donors (Lipinski definition) is 0. The molecule has 0 N–H and O–H groups in total. The smallest absolute Gasteiger partial charge is 0.272 e. The van der Waals surface area contributed by atoms with Gasteiger partial charge in [-0.05, 0) is 18.2 Å². The fourth-order valence-corrected chi connectivity index (χ4v) is 3.23. The van der Waals surface area contributed by atoms with Gasteiger partial charge in [-0.3, -0.25) is 4.79 Å². The standard InChI is InChI=1S/C21H23FN4O2/c1-21(2,3)18-13-19-23-16(20(27)25-7-9-28-10-8-25)12-17(26(19)24-18)14-5-4-6-15(22)11-14/h4-6,11-13H,7-10H2,1-3H3. The third-order valence-corrected chi connectivity index (χ3v) is 4.83. The van der Waals surface area contributed by atoms with Gasteiger partial charge in [0.05, 0.1) is 24.6 Å². The highest BCUT2D eigenvalue weighted by Crippen LogP contribution is 2.27. The van der Waals surface area contributed by atoms with Crippen molar-refractivity contribution in [1.82, 2.24) is 19.5 Å². The van der Waals surface area contributed by atoms with Gasteiger partial charge >= 0.3 is 0 Å². The van der Waals surface area contributed by atoms with Gasteiger partial charge in [0.15, 0.2) is 5.65 Å². The largest absolute Gasteiger partial charge is 0.378 e. The third kappa shape index (κ3) is 3.49. The van der Waals surface area contributed by atoms with Crippen molar-refractivity contribution >= 4 is 11.6 Å². The summed E-state index contributed by atoms with van der Waals surface area (Å²) in [6, 6.07) is 9.87. The number of ether oxygens (including phenoxy) is 1. The lowest BCUT2D eigenvalue weighted by Crippen LogP contribution is -2.41. The van der Waals surface area contributed by atoms with Crippen molar-refractivity contribution < 1.29 is 13.9 Å². The van der Waals surface area contributed by atoms with Crippen LogP contribution in [0.25, 0.3) is 16.9 Å². The zero-order valence-electron chi connectivity index (χ0n) is 16.3. The fourth-order valence-electron chi connectivity index (χ4n) is 3.23. The molecule has 4 rings (SSSR count). The van der Waals surface area contributed by atoms with Crippen LogP contribution in [0.5, 0.6) is 0 Å². The summed E-state index contributed by atoms with van der Waals surface area (Å²) in [6.07, 6.45) is 0. The predicted octanol–water partition coefficient (Wildman–Crippen LogP) is 3.31.